The van der Waals surface area contributed by atoms with Crippen LogP contribution in [0.2, 0.25) is 0 Å². The average molecular weight is 489 g/mol. The van der Waals surface area contributed by atoms with Crippen molar-refractivity contribution in [1.29, 1.82) is 0 Å². The number of ether oxygens (including phenoxy) is 2. The van der Waals surface area contributed by atoms with E-state index in [9.17, 15) is 9.59 Å². The molecule has 4 heteroatoms. The highest BCUT2D eigenvalue weighted by atomic mass is 16.6. The third-order valence-electron chi connectivity index (χ3n) is 11.5. The molecule has 0 heterocycles. The Morgan fingerprint density at radius 2 is 1.49 bits per heavy atom. The van der Waals surface area contributed by atoms with E-state index in [0.29, 0.717) is 17.3 Å². The fraction of sp³-hybridized carbons (Fsp3) is 0.935. The molecule has 10 atom stereocenters. The standard InChI is InChI=1S/C31H52O4/c1-19(2)9-8-10-20(3)25-13-14-26-24-12-11-23-17-28(34-21(4)32)29(35-22(5)33)18-31(23,7)27(24)15-16-30(25,26)6/h19-20,23-29H,8-18H2,1-7H3/t20-,23+,24+,25-,26+,27+,28-,29+,30-,31+/m1/s1. The van der Waals surface area contributed by atoms with Crippen molar-refractivity contribution in [2.75, 3.05) is 0 Å². The first-order valence-electron chi connectivity index (χ1n) is 14.8. The van der Waals surface area contributed by atoms with Crippen LogP contribution in [-0.2, 0) is 19.1 Å². The molecule has 0 radical (unpaired) electrons. The summed E-state index contributed by atoms with van der Waals surface area (Å²) in [6.07, 6.45) is 13.3. The van der Waals surface area contributed by atoms with Crippen LogP contribution in [0, 0.1) is 52.3 Å². The molecule has 0 unspecified atom stereocenters. The van der Waals surface area contributed by atoms with Crippen LogP contribution in [0.1, 0.15) is 119 Å². The number of hydrogen-bond acceptors (Lipinski definition) is 4. The van der Waals surface area contributed by atoms with Gasteiger partial charge in [0.15, 0.2) is 0 Å². The van der Waals surface area contributed by atoms with Crippen LogP contribution in [0.3, 0.4) is 0 Å². The van der Waals surface area contributed by atoms with Gasteiger partial charge in [-0.25, -0.2) is 0 Å². The first kappa shape index (κ1) is 27.0. The maximum Gasteiger partial charge on any atom is 0.303 e. The van der Waals surface area contributed by atoms with Gasteiger partial charge in [0.05, 0.1) is 0 Å². The molecule has 4 aliphatic rings. The van der Waals surface area contributed by atoms with Crippen LogP contribution in [-0.4, -0.2) is 24.1 Å². The predicted molar refractivity (Wildman–Crippen MR) is 140 cm³/mol. The van der Waals surface area contributed by atoms with Gasteiger partial charge in [0.2, 0.25) is 0 Å². The first-order valence-corrected chi connectivity index (χ1v) is 14.8. The van der Waals surface area contributed by atoms with Crippen molar-refractivity contribution < 1.29 is 19.1 Å². The van der Waals surface area contributed by atoms with Crippen molar-refractivity contribution >= 4 is 11.9 Å². The van der Waals surface area contributed by atoms with Crippen molar-refractivity contribution in [1.82, 2.24) is 0 Å². The summed E-state index contributed by atoms with van der Waals surface area (Å²) in [4.78, 5) is 23.7. The number of carbonyl (C=O) groups is 2. The largest absolute Gasteiger partial charge is 0.459 e. The Bertz CT molecular complexity index is 776. The quantitative estimate of drug-likeness (QED) is 0.347. The lowest BCUT2D eigenvalue weighted by Gasteiger charge is -2.62. The molecular formula is C31H52O4. The monoisotopic (exact) mass is 488 g/mol. The SMILES string of the molecule is CC(=O)O[C@H]1C[C@@]2(C)[C@@H](CC[C@@H]3[C@@H]2CC[C@]2(C)[C@@H]([C@H](C)CCCC(C)C)CC[C@@H]32)C[C@H]1OC(C)=O. The molecule has 0 N–H and O–H groups in total. The van der Waals surface area contributed by atoms with Crippen LogP contribution in [0.15, 0.2) is 0 Å². The third-order valence-corrected chi connectivity index (χ3v) is 11.5. The van der Waals surface area contributed by atoms with E-state index in [1.807, 2.05) is 0 Å². The molecular weight excluding hydrogens is 436 g/mol. The van der Waals surface area contributed by atoms with E-state index < -0.39 is 0 Å². The molecule has 0 saturated heterocycles. The van der Waals surface area contributed by atoms with E-state index in [-0.39, 0.29) is 29.6 Å². The van der Waals surface area contributed by atoms with Crippen molar-refractivity contribution in [2.45, 2.75) is 131 Å². The zero-order valence-corrected chi connectivity index (χ0v) is 23.6. The van der Waals surface area contributed by atoms with Crippen LogP contribution >= 0.6 is 0 Å². The van der Waals surface area contributed by atoms with Crippen LogP contribution in [0.25, 0.3) is 0 Å². The summed E-state index contributed by atoms with van der Waals surface area (Å²) >= 11 is 0. The Labute approximate surface area is 214 Å². The van der Waals surface area contributed by atoms with Crippen LogP contribution < -0.4 is 0 Å². The van der Waals surface area contributed by atoms with E-state index in [0.717, 1.165) is 42.4 Å². The van der Waals surface area contributed by atoms with E-state index in [1.54, 1.807) is 0 Å². The molecule has 4 aliphatic carbocycles. The lowest BCUT2D eigenvalue weighted by molar-refractivity contribution is -0.195. The highest BCUT2D eigenvalue weighted by molar-refractivity contribution is 5.67. The second kappa shape index (κ2) is 10.4. The lowest BCUT2D eigenvalue weighted by atomic mass is 9.44. The topological polar surface area (TPSA) is 52.6 Å². The summed E-state index contributed by atoms with van der Waals surface area (Å²) in [5.41, 5.74) is 0.661. The van der Waals surface area contributed by atoms with E-state index in [2.05, 4.69) is 34.6 Å². The van der Waals surface area contributed by atoms with Crippen molar-refractivity contribution in [3.63, 3.8) is 0 Å². The molecule has 4 rings (SSSR count). The molecule has 0 spiro atoms. The zero-order chi connectivity index (χ0) is 25.5. The molecule has 4 saturated carbocycles. The minimum atomic E-state index is -0.304. The molecule has 0 bridgehead atoms. The van der Waals surface area contributed by atoms with Crippen molar-refractivity contribution in [2.24, 2.45) is 52.3 Å². The molecule has 0 aromatic rings. The van der Waals surface area contributed by atoms with Gasteiger partial charge in [0.1, 0.15) is 12.2 Å². The second-order valence-corrected chi connectivity index (χ2v) is 13.9. The summed E-state index contributed by atoms with van der Waals surface area (Å²) in [6, 6.07) is 0. The zero-order valence-electron chi connectivity index (χ0n) is 23.6. The fourth-order valence-corrected chi connectivity index (χ4v) is 9.93. The maximum absolute atomic E-state index is 11.9. The molecule has 200 valence electrons. The summed E-state index contributed by atoms with van der Waals surface area (Å²) < 4.78 is 11.5. The van der Waals surface area contributed by atoms with Crippen LogP contribution in [0.4, 0.5) is 0 Å². The molecule has 0 aliphatic heterocycles. The minimum absolute atomic E-state index is 0.169. The molecule has 4 nitrogen and oxygen atoms in total. The fourth-order valence-electron chi connectivity index (χ4n) is 9.93. The number of esters is 2. The van der Waals surface area contributed by atoms with Gasteiger partial charge in [-0.2, -0.15) is 0 Å². The van der Waals surface area contributed by atoms with Crippen molar-refractivity contribution in [3.05, 3.63) is 0 Å². The molecule has 0 aromatic heterocycles. The lowest BCUT2D eigenvalue weighted by Crippen LogP contribution is -2.57. The predicted octanol–water partition coefficient (Wildman–Crippen LogP) is 7.58. The Hall–Kier alpha value is -1.06. The average Bonchev–Trinajstić information content (AvgIpc) is 3.10. The Kier molecular flexibility index (Phi) is 7.99. The minimum Gasteiger partial charge on any atom is -0.459 e. The first-order chi connectivity index (χ1) is 16.5. The summed E-state index contributed by atoms with van der Waals surface area (Å²) in [7, 11) is 0. The third kappa shape index (κ3) is 5.19. The van der Waals surface area contributed by atoms with E-state index in [4.69, 9.17) is 9.47 Å². The maximum atomic E-state index is 11.9. The number of hydrogen-bond donors (Lipinski definition) is 0. The normalized spacial score (nSPS) is 43.6. The highest BCUT2D eigenvalue weighted by Gasteiger charge is 2.62. The van der Waals surface area contributed by atoms with Gasteiger partial charge in [-0.3, -0.25) is 9.59 Å². The van der Waals surface area contributed by atoms with Gasteiger partial charge in [-0.1, -0.05) is 53.9 Å². The molecule has 4 fully saturated rings. The molecule has 0 amide bonds. The molecule has 35 heavy (non-hydrogen) atoms. The van der Waals surface area contributed by atoms with Gasteiger partial charge < -0.3 is 9.47 Å². The Morgan fingerprint density at radius 1 is 0.829 bits per heavy atom. The summed E-state index contributed by atoms with van der Waals surface area (Å²) in [6.45, 7) is 15.3. The smallest absolute Gasteiger partial charge is 0.303 e. The highest BCUT2D eigenvalue weighted by Crippen LogP contribution is 2.68. The summed E-state index contributed by atoms with van der Waals surface area (Å²) in [5, 5.41) is 0. The van der Waals surface area contributed by atoms with Gasteiger partial charge in [-0.15, -0.1) is 0 Å². The molecule has 0 aromatic carbocycles. The Morgan fingerprint density at radius 3 is 2.14 bits per heavy atom. The summed E-state index contributed by atoms with van der Waals surface area (Å²) in [5.74, 6) is 4.88. The van der Waals surface area contributed by atoms with Crippen LogP contribution in [0.5, 0.6) is 0 Å². The van der Waals surface area contributed by atoms with E-state index in [1.165, 1.54) is 71.6 Å². The van der Waals surface area contributed by atoms with Crippen molar-refractivity contribution in [3.8, 4) is 0 Å². The number of fused-ring (bicyclic) bond motifs is 5. The van der Waals surface area contributed by atoms with Gasteiger partial charge in [0, 0.05) is 13.8 Å². The number of carbonyl (C=O) groups excluding carboxylic acids is 2. The van der Waals surface area contributed by atoms with Gasteiger partial charge >= 0.3 is 11.9 Å². The second-order valence-electron chi connectivity index (χ2n) is 13.9. The number of rotatable bonds is 7. The van der Waals surface area contributed by atoms with E-state index >= 15 is 0 Å². The van der Waals surface area contributed by atoms with Gasteiger partial charge in [0.25, 0.3) is 0 Å². The van der Waals surface area contributed by atoms with Gasteiger partial charge in [-0.05, 0) is 104 Å². The Balaban J connectivity index is 1.50.